The van der Waals surface area contributed by atoms with Crippen LogP contribution in [-0.4, -0.2) is 15.6 Å². The Morgan fingerprint density at radius 2 is 2.00 bits per heavy atom. The first-order chi connectivity index (χ1) is 8.88. The lowest BCUT2D eigenvalue weighted by Gasteiger charge is -2.06. The topological polar surface area (TPSA) is 79.2 Å². The molecule has 0 fully saturated rings. The third-order valence-corrected chi connectivity index (χ3v) is 3.34. The number of nitriles is 1. The SMILES string of the molecule is Cc1oc(-n2c(C)cc(C(=O)O)c2C)c(C#N)c1C. The van der Waals surface area contributed by atoms with Crippen LogP contribution in [0.5, 0.6) is 0 Å². The van der Waals surface area contributed by atoms with Crippen LogP contribution in [0.15, 0.2) is 10.5 Å². The third-order valence-electron chi connectivity index (χ3n) is 3.34. The van der Waals surface area contributed by atoms with Gasteiger partial charge in [0.1, 0.15) is 17.4 Å². The van der Waals surface area contributed by atoms with Crippen LogP contribution in [0.1, 0.15) is 38.6 Å². The van der Waals surface area contributed by atoms with Crippen LogP contribution in [0, 0.1) is 39.0 Å². The van der Waals surface area contributed by atoms with Gasteiger partial charge >= 0.3 is 5.97 Å². The zero-order chi connectivity index (χ0) is 14.3. The highest BCUT2D eigenvalue weighted by Crippen LogP contribution is 2.28. The maximum Gasteiger partial charge on any atom is 0.337 e. The van der Waals surface area contributed by atoms with Gasteiger partial charge in [0.25, 0.3) is 0 Å². The molecule has 98 valence electrons. The fourth-order valence-corrected chi connectivity index (χ4v) is 2.19. The van der Waals surface area contributed by atoms with Crippen molar-refractivity contribution in [3.8, 4) is 12.0 Å². The maximum absolute atomic E-state index is 11.1. The molecular formula is C14H14N2O3. The van der Waals surface area contributed by atoms with Crippen LogP contribution in [0.3, 0.4) is 0 Å². The Labute approximate surface area is 110 Å². The Balaban J connectivity index is 2.77. The van der Waals surface area contributed by atoms with E-state index in [1.807, 2.05) is 6.92 Å². The van der Waals surface area contributed by atoms with Crippen LogP contribution in [0.25, 0.3) is 5.88 Å². The minimum absolute atomic E-state index is 0.216. The molecule has 0 atom stereocenters. The number of aromatic carboxylic acids is 1. The predicted molar refractivity (Wildman–Crippen MR) is 68.7 cm³/mol. The number of furan rings is 1. The summed E-state index contributed by atoms with van der Waals surface area (Å²) in [6.45, 7) is 7.08. The molecule has 0 radical (unpaired) electrons. The Hall–Kier alpha value is -2.48. The molecule has 2 aromatic rings. The minimum Gasteiger partial charge on any atom is -0.478 e. The summed E-state index contributed by atoms with van der Waals surface area (Å²) in [6, 6.07) is 3.69. The van der Waals surface area contributed by atoms with Crippen molar-refractivity contribution in [2.45, 2.75) is 27.7 Å². The van der Waals surface area contributed by atoms with Gasteiger partial charge in [-0.1, -0.05) is 0 Å². The Kier molecular flexibility index (Phi) is 2.95. The van der Waals surface area contributed by atoms with E-state index in [4.69, 9.17) is 9.52 Å². The van der Waals surface area contributed by atoms with Gasteiger partial charge < -0.3 is 9.52 Å². The fourth-order valence-electron chi connectivity index (χ4n) is 2.19. The van der Waals surface area contributed by atoms with E-state index in [9.17, 15) is 10.1 Å². The van der Waals surface area contributed by atoms with Crippen molar-refractivity contribution in [2.75, 3.05) is 0 Å². The lowest BCUT2D eigenvalue weighted by molar-refractivity contribution is 0.0696. The van der Waals surface area contributed by atoms with Gasteiger partial charge in [-0.15, -0.1) is 0 Å². The van der Waals surface area contributed by atoms with E-state index < -0.39 is 5.97 Å². The molecule has 0 aliphatic carbocycles. The highest BCUT2D eigenvalue weighted by Gasteiger charge is 2.22. The number of hydrogen-bond donors (Lipinski definition) is 1. The van der Waals surface area contributed by atoms with Gasteiger partial charge in [-0.2, -0.15) is 5.26 Å². The van der Waals surface area contributed by atoms with Gasteiger partial charge in [-0.05, 0) is 33.8 Å². The fraction of sp³-hybridized carbons (Fsp3) is 0.286. The van der Waals surface area contributed by atoms with E-state index in [0.29, 0.717) is 22.9 Å². The Morgan fingerprint density at radius 1 is 1.37 bits per heavy atom. The number of rotatable bonds is 2. The number of carboxylic acids is 1. The zero-order valence-electron chi connectivity index (χ0n) is 11.2. The van der Waals surface area contributed by atoms with Crippen LogP contribution in [0.4, 0.5) is 0 Å². The zero-order valence-corrected chi connectivity index (χ0v) is 11.2. The number of carbonyl (C=O) groups is 1. The second-order valence-electron chi connectivity index (χ2n) is 4.50. The van der Waals surface area contributed by atoms with Crippen molar-refractivity contribution in [3.05, 3.63) is 39.9 Å². The molecule has 0 aliphatic heterocycles. The first kappa shape index (κ1) is 13.0. The molecule has 2 heterocycles. The van der Waals surface area contributed by atoms with Crippen molar-refractivity contribution in [2.24, 2.45) is 0 Å². The van der Waals surface area contributed by atoms with E-state index in [-0.39, 0.29) is 5.56 Å². The summed E-state index contributed by atoms with van der Waals surface area (Å²) in [5, 5.41) is 18.4. The molecule has 0 aliphatic rings. The first-order valence-electron chi connectivity index (χ1n) is 5.81. The van der Waals surface area contributed by atoms with E-state index in [1.165, 1.54) is 0 Å². The van der Waals surface area contributed by atoms with Crippen molar-refractivity contribution in [3.63, 3.8) is 0 Å². The van der Waals surface area contributed by atoms with Gasteiger partial charge in [-0.3, -0.25) is 4.57 Å². The second kappa shape index (κ2) is 4.32. The van der Waals surface area contributed by atoms with E-state index >= 15 is 0 Å². The molecule has 0 amide bonds. The molecule has 2 rings (SSSR count). The van der Waals surface area contributed by atoms with Crippen LogP contribution in [-0.2, 0) is 0 Å². The van der Waals surface area contributed by atoms with E-state index in [2.05, 4.69) is 6.07 Å². The molecule has 0 saturated heterocycles. The standard InChI is InChI=1S/C14H14N2O3/c1-7-5-11(14(17)18)9(3)16(7)13-12(6-15)8(2)10(4)19-13/h5H,1-4H3,(H,17,18). The number of aryl methyl sites for hydroxylation is 2. The third kappa shape index (κ3) is 1.82. The molecule has 1 N–H and O–H groups in total. The van der Waals surface area contributed by atoms with E-state index in [1.54, 1.807) is 31.4 Å². The van der Waals surface area contributed by atoms with Gasteiger partial charge in [0, 0.05) is 17.0 Å². The summed E-state index contributed by atoms with van der Waals surface area (Å²) < 4.78 is 7.29. The number of aromatic nitrogens is 1. The highest BCUT2D eigenvalue weighted by atomic mass is 16.4. The van der Waals surface area contributed by atoms with Crippen LogP contribution < -0.4 is 0 Å². The smallest absolute Gasteiger partial charge is 0.337 e. The van der Waals surface area contributed by atoms with Gasteiger partial charge in [0.2, 0.25) is 5.88 Å². The molecule has 5 nitrogen and oxygen atoms in total. The second-order valence-corrected chi connectivity index (χ2v) is 4.50. The van der Waals surface area contributed by atoms with Crippen molar-refractivity contribution < 1.29 is 14.3 Å². The van der Waals surface area contributed by atoms with Gasteiger partial charge in [0.15, 0.2) is 0 Å². The van der Waals surface area contributed by atoms with Crippen molar-refractivity contribution >= 4 is 5.97 Å². The molecule has 0 aromatic carbocycles. The Bertz CT molecular complexity index is 714. The Morgan fingerprint density at radius 3 is 2.47 bits per heavy atom. The van der Waals surface area contributed by atoms with Gasteiger partial charge in [0.05, 0.1) is 5.56 Å². The summed E-state index contributed by atoms with van der Waals surface area (Å²) in [6.07, 6.45) is 0. The molecule has 19 heavy (non-hydrogen) atoms. The summed E-state index contributed by atoms with van der Waals surface area (Å²) in [4.78, 5) is 11.1. The summed E-state index contributed by atoms with van der Waals surface area (Å²) >= 11 is 0. The van der Waals surface area contributed by atoms with Crippen molar-refractivity contribution in [1.29, 1.82) is 5.26 Å². The lowest BCUT2D eigenvalue weighted by Crippen LogP contribution is -2.03. The average Bonchev–Trinajstić information content (AvgIpc) is 2.78. The van der Waals surface area contributed by atoms with Crippen LogP contribution >= 0.6 is 0 Å². The molecule has 5 heteroatoms. The molecular weight excluding hydrogens is 244 g/mol. The first-order valence-corrected chi connectivity index (χ1v) is 5.81. The summed E-state index contributed by atoms with van der Waals surface area (Å²) in [5.41, 5.74) is 2.71. The highest BCUT2D eigenvalue weighted by molar-refractivity contribution is 5.89. The number of carboxylic acid groups (broad SMARTS) is 1. The maximum atomic E-state index is 11.1. The summed E-state index contributed by atoms with van der Waals surface area (Å²) in [7, 11) is 0. The molecule has 2 aromatic heterocycles. The molecule has 0 spiro atoms. The van der Waals surface area contributed by atoms with E-state index in [0.717, 1.165) is 11.3 Å². The minimum atomic E-state index is -0.988. The monoisotopic (exact) mass is 258 g/mol. The quantitative estimate of drug-likeness (QED) is 0.898. The van der Waals surface area contributed by atoms with Crippen molar-refractivity contribution in [1.82, 2.24) is 4.57 Å². The molecule has 0 unspecified atom stereocenters. The normalized spacial score (nSPS) is 10.5. The van der Waals surface area contributed by atoms with Crippen LogP contribution in [0.2, 0.25) is 0 Å². The number of nitrogens with zero attached hydrogens (tertiary/aromatic N) is 2. The average molecular weight is 258 g/mol. The predicted octanol–water partition coefficient (Wildman–Crippen LogP) is 2.87. The summed E-state index contributed by atoms with van der Waals surface area (Å²) in [5.74, 6) is 0.0637. The molecule has 0 saturated carbocycles. The number of hydrogen-bond acceptors (Lipinski definition) is 3. The van der Waals surface area contributed by atoms with Gasteiger partial charge in [-0.25, -0.2) is 4.79 Å². The lowest BCUT2D eigenvalue weighted by atomic mass is 10.2. The largest absolute Gasteiger partial charge is 0.478 e. The molecule has 0 bridgehead atoms.